The molecule has 3 amide bonds. The maximum absolute atomic E-state index is 13.0. The number of amides is 3. The molecule has 3 heterocycles. The van der Waals surface area contributed by atoms with Crippen LogP contribution in [0.3, 0.4) is 0 Å². The Morgan fingerprint density at radius 3 is 2.28 bits per heavy atom. The van der Waals surface area contributed by atoms with E-state index in [1.54, 1.807) is 10.9 Å². The molecule has 5 rings (SSSR count). The van der Waals surface area contributed by atoms with Gasteiger partial charge < -0.3 is 15.0 Å². The molecule has 39 heavy (non-hydrogen) atoms. The molecule has 9 nitrogen and oxygen atoms in total. The van der Waals surface area contributed by atoms with Crippen molar-refractivity contribution in [1.29, 1.82) is 0 Å². The van der Waals surface area contributed by atoms with Crippen molar-refractivity contribution in [1.82, 2.24) is 19.7 Å². The number of rotatable bonds is 6. The highest BCUT2D eigenvalue weighted by Gasteiger charge is 2.35. The van der Waals surface area contributed by atoms with Crippen molar-refractivity contribution in [2.75, 3.05) is 23.7 Å². The van der Waals surface area contributed by atoms with Crippen LogP contribution in [0.15, 0.2) is 42.6 Å². The number of carbonyl (C=O) groups excluding carboxylic acids is 2. The number of anilines is 2. The number of benzene rings is 1. The number of urea groups is 1. The van der Waals surface area contributed by atoms with Crippen LogP contribution in [-0.4, -0.2) is 50.8 Å². The van der Waals surface area contributed by atoms with Gasteiger partial charge in [0.2, 0.25) is 11.8 Å². The molecular formula is C30H38N6O3. The van der Waals surface area contributed by atoms with Gasteiger partial charge in [0.05, 0.1) is 23.3 Å². The zero-order valence-corrected chi connectivity index (χ0v) is 23.5. The molecule has 1 aromatic carbocycles. The van der Waals surface area contributed by atoms with Gasteiger partial charge in [0.15, 0.2) is 0 Å². The standard InChI is InChI=1S/C30H38N6O3/c1-19-6-10-23(11-7-19)36-26(17-25(34-36)30(3,4)5)33-29(38)32-22-16-20(2)27(31-18-22)39-24-12-14-35(15-13-24)28(37)21-8-9-21/h6-7,10-11,16-18,21,24H,8-9,12-15H2,1-5H3,(H2,32,33,38). The first-order chi connectivity index (χ1) is 18.6. The summed E-state index contributed by atoms with van der Waals surface area (Å²) in [6.45, 7) is 11.7. The normalized spacial score (nSPS) is 16.2. The molecule has 0 atom stereocenters. The number of piperidine rings is 1. The van der Waals surface area contributed by atoms with Crippen LogP contribution < -0.4 is 15.4 Å². The molecule has 9 heteroatoms. The maximum atomic E-state index is 13.0. The van der Waals surface area contributed by atoms with Crippen molar-refractivity contribution in [2.24, 2.45) is 5.92 Å². The summed E-state index contributed by atoms with van der Waals surface area (Å²) in [5, 5.41) is 10.6. The van der Waals surface area contributed by atoms with Crippen LogP contribution in [0, 0.1) is 19.8 Å². The van der Waals surface area contributed by atoms with Crippen LogP contribution in [-0.2, 0) is 10.2 Å². The van der Waals surface area contributed by atoms with Gasteiger partial charge in [0, 0.05) is 48.9 Å². The number of ether oxygens (including phenoxy) is 1. The van der Waals surface area contributed by atoms with Crippen LogP contribution in [0.4, 0.5) is 16.3 Å². The molecule has 1 saturated heterocycles. The fourth-order valence-electron chi connectivity index (χ4n) is 4.69. The third-order valence-corrected chi connectivity index (χ3v) is 7.24. The van der Waals surface area contributed by atoms with Crippen LogP contribution >= 0.6 is 0 Å². The minimum absolute atomic E-state index is 0.0284. The summed E-state index contributed by atoms with van der Waals surface area (Å²) in [4.78, 5) is 31.7. The van der Waals surface area contributed by atoms with Gasteiger partial charge in [-0.15, -0.1) is 0 Å². The van der Waals surface area contributed by atoms with Gasteiger partial charge >= 0.3 is 6.03 Å². The summed E-state index contributed by atoms with van der Waals surface area (Å²) in [5.74, 6) is 1.69. The van der Waals surface area contributed by atoms with E-state index in [0.717, 1.165) is 61.3 Å². The highest BCUT2D eigenvalue weighted by Crippen LogP contribution is 2.32. The molecule has 2 N–H and O–H groups in total. The van der Waals surface area contributed by atoms with Gasteiger partial charge in [-0.1, -0.05) is 38.5 Å². The van der Waals surface area contributed by atoms with E-state index in [2.05, 4.69) is 36.4 Å². The van der Waals surface area contributed by atoms with Crippen molar-refractivity contribution in [3.8, 4) is 11.6 Å². The number of aromatic nitrogens is 3. The van der Waals surface area contributed by atoms with Crippen molar-refractivity contribution < 1.29 is 14.3 Å². The van der Waals surface area contributed by atoms with E-state index in [0.29, 0.717) is 23.3 Å². The quantitative estimate of drug-likeness (QED) is 0.432. The molecule has 1 saturated carbocycles. The molecule has 206 valence electrons. The second-order valence-electron chi connectivity index (χ2n) is 11.8. The lowest BCUT2D eigenvalue weighted by Gasteiger charge is -2.32. The summed E-state index contributed by atoms with van der Waals surface area (Å²) < 4.78 is 7.92. The second-order valence-corrected chi connectivity index (χ2v) is 11.8. The maximum Gasteiger partial charge on any atom is 0.324 e. The van der Waals surface area contributed by atoms with E-state index < -0.39 is 0 Å². The number of aryl methyl sites for hydroxylation is 2. The fraction of sp³-hybridized carbons (Fsp3) is 0.467. The van der Waals surface area contributed by atoms with Crippen LogP contribution in [0.2, 0.25) is 0 Å². The monoisotopic (exact) mass is 530 g/mol. The smallest absolute Gasteiger partial charge is 0.324 e. The Hall–Kier alpha value is -3.88. The number of hydrogen-bond acceptors (Lipinski definition) is 5. The van der Waals surface area contributed by atoms with Crippen molar-refractivity contribution >= 4 is 23.4 Å². The third-order valence-electron chi connectivity index (χ3n) is 7.24. The molecule has 0 bridgehead atoms. The zero-order chi connectivity index (χ0) is 27.7. The van der Waals surface area contributed by atoms with Crippen LogP contribution in [0.25, 0.3) is 5.69 Å². The Balaban J connectivity index is 1.21. The van der Waals surface area contributed by atoms with E-state index in [1.165, 1.54) is 0 Å². The molecule has 0 spiro atoms. The zero-order valence-electron chi connectivity index (χ0n) is 23.5. The number of nitrogens with zero attached hydrogens (tertiary/aromatic N) is 4. The lowest BCUT2D eigenvalue weighted by molar-refractivity contribution is -0.134. The number of hydrogen-bond donors (Lipinski definition) is 2. The minimum atomic E-state index is -0.383. The van der Waals surface area contributed by atoms with E-state index >= 15 is 0 Å². The van der Waals surface area contributed by atoms with E-state index in [9.17, 15) is 9.59 Å². The fourth-order valence-corrected chi connectivity index (χ4v) is 4.69. The van der Waals surface area contributed by atoms with E-state index in [-0.39, 0.29) is 23.5 Å². The van der Waals surface area contributed by atoms with E-state index in [4.69, 9.17) is 9.84 Å². The molecule has 0 unspecified atom stereocenters. The molecule has 2 aromatic heterocycles. The second kappa shape index (κ2) is 10.7. The number of carbonyl (C=O) groups is 2. The van der Waals surface area contributed by atoms with Gasteiger partial charge in [-0.3, -0.25) is 10.1 Å². The Labute approximate surface area is 229 Å². The summed E-state index contributed by atoms with van der Waals surface area (Å²) >= 11 is 0. The Bertz CT molecular complexity index is 1350. The summed E-state index contributed by atoms with van der Waals surface area (Å²) in [6, 6.07) is 11.4. The molecule has 2 fully saturated rings. The SMILES string of the molecule is Cc1ccc(-n2nc(C(C)(C)C)cc2NC(=O)Nc2cnc(OC3CCN(C(=O)C4CC4)CC3)c(C)c2)cc1. The Morgan fingerprint density at radius 2 is 1.67 bits per heavy atom. The van der Waals surface area contributed by atoms with Gasteiger partial charge in [0.1, 0.15) is 11.9 Å². The molecule has 3 aromatic rings. The summed E-state index contributed by atoms with van der Waals surface area (Å²) in [6.07, 6.45) is 5.29. The molecule has 2 aliphatic rings. The van der Waals surface area contributed by atoms with Crippen molar-refractivity contribution in [2.45, 2.75) is 71.8 Å². The molecule has 0 radical (unpaired) electrons. The number of pyridine rings is 1. The van der Waals surface area contributed by atoms with Gasteiger partial charge in [0.25, 0.3) is 0 Å². The minimum Gasteiger partial charge on any atom is -0.474 e. The molecule has 1 aliphatic heterocycles. The Morgan fingerprint density at radius 1 is 0.974 bits per heavy atom. The van der Waals surface area contributed by atoms with Gasteiger partial charge in [-0.25, -0.2) is 14.5 Å². The summed E-state index contributed by atoms with van der Waals surface area (Å²) in [5.41, 5.74) is 4.12. The first-order valence-electron chi connectivity index (χ1n) is 13.7. The molecular weight excluding hydrogens is 492 g/mol. The predicted octanol–water partition coefficient (Wildman–Crippen LogP) is 5.61. The topological polar surface area (TPSA) is 101 Å². The lowest BCUT2D eigenvalue weighted by Crippen LogP contribution is -2.42. The highest BCUT2D eigenvalue weighted by atomic mass is 16.5. The Kier molecular flexibility index (Phi) is 7.34. The van der Waals surface area contributed by atoms with E-state index in [1.807, 2.05) is 55.1 Å². The lowest BCUT2D eigenvalue weighted by atomic mass is 9.92. The largest absolute Gasteiger partial charge is 0.474 e. The average molecular weight is 531 g/mol. The van der Waals surface area contributed by atoms with Crippen LogP contribution in [0.5, 0.6) is 5.88 Å². The van der Waals surface area contributed by atoms with Gasteiger partial charge in [-0.2, -0.15) is 5.10 Å². The average Bonchev–Trinajstić information content (AvgIpc) is 3.65. The van der Waals surface area contributed by atoms with Gasteiger partial charge in [-0.05, 0) is 44.9 Å². The van der Waals surface area contributed by atoms with Crippen molar-refractivity contribution in [3.63, 3.8) is 0 Å². The first-order valence-corrected chi connectivity index (χ1v) is 13.7. The first kappa shape index (κ1) is 26.7. The molecule has 1 aliphatic carbocycles. The number of likely N-dealkylation sites (tertiary alicyclic amines) is 1. The third kappa shape index (κ3) is 6.41. The van der Waals surface area contributed by atoms with Crippen molar-refractivity contribution in [3.05, 3.63) is 59.4 Å². The van der Waals surface area contributed by atoms with Crippen LogP contribution in [0.1, 0.15) is 63.3 Å². The summed E-state index contributed by atoms with van der Waals surface area (Å²) in [7, 11) is 0. The predicted molar refractivity (Wildman–Crippen MR) is 152 cm³/mol. The number of nitrogens with one attached hydrogen (secondary N) is 2. The highest BCUT2D eigenvalue weighted by molar-refractivity contribution is 5.99.